The van der Waals surface area contributed by atoms with Crippen molar-refractivity contribution in [3.05, 3.63) is 224 Å². The SMILES string of the molecule is C=C.C=C(C)C.C=C/C(=C\C=N)c1ccc(-c2ccc3ccc(-c4c5ccccc5c(-c5cccc(C)c5)c5ccccc45)cc3c2)cc1.CC.Cc1ccccc1C. The minimum Gasteiger partial charge on any atom is -0.309 e. The summed E-state index contributed by atoms with van der Waals surface area (Å²) in [6.45, 7) is 27.8. The zero-order valence-electron chi connectivity index (χ0n) is 36.1. The Morgan fingerprint density at radius 3 is 1.36 bits per heavy atom. The number of benzene rings is 8. The van der Waals surface area contributed by atoms with Gasteiger partial charge in [0.25, 0.3) is 0 Å². The van der Waals surface area contributed by atoms with Gasteiger partial charge >= 0.3 is 0 Å². The fraction of sp³-hybridized carbons (Fsp3) is 0.121. The van der Waals surface area contributed by atoms with Crippen LogP contribution in [-0.2, 0) is 0 Å². The van der Waals surface area contributed by atoms with E-state index in [1.54, 1.807) is 12.2 Å². The maximum absolute atomic E-state index is 7.42. The van der Waals surface area contributed by atoms with E-state index in [-0.39, 0.29) is 0 Å². The molecule has 0 bridgehead atoms. The molecule has 0 unspecified atom stereocenters. The Bertz CT molecular complexity index is 2620. The van der Waals surface area contributed by atoms with Gasteiger partial charge in [0.15, 0.2) is 0 Å². The molecule has 8 aromatic rings. The summed E-state index contributed by atoms with van der Waals surface area (Å²) in [5.74, 6) is 0. The van der Waals surface area contributed by atoms with Crippen molar-refractivity contribution in [2.75, 3.05) is 0 Å². The molecule has 296 valence electrons. The zero-order chi connectivity index (χ0) is 42.9. The second-order valence-electron chi connectivity index (χ2n) is 14.3. The Balaban J connectivity index is 0.000000410. The van der Waals surface area contributed by atoms with Crippen LogP contribution in [0.2, 0.25) is 0 Å². The van der Waals surface area contributed by atoms with E-state index >= 15 is 0 Å². The van der Waals surface area contributed by atoms with Gasteiger partial charge < -0.3 is 5.41 Å². The molecule has 59 heavy (non-hydrogen) atoms. The molecule has 0 atom stereocenters. The summed E-state index contributed by atoms with van der Waals surface area (Å²) >= 11 is 0. The Kier molecular flexibility index (Phi) is 16.9. The average molecular weight is 770 g/mol. The number of hydrogen-bond acceptors (Lipinski definition) is 1. The van der Waals surface area contributed by atoms with Crippen LogP contribution in [0.5, 0.6) is 0 Å². The van der Waals surface area contributed by atoms with Gasteiger partial charge in [-0.2, -0.15) is 0 Å². The maximum Gasteiger partial charge on any atom is 0.0183 e. The Morgan fingerprint density at radius 2 is 0.915 bits per heavy atom. The molecule has 0 aliphatic rings. The third kappa shape index (κ3) is 11.2. The molecule has 0 amide bonds. The van der Waals surface area contributed by atoms with Crippen molar-refractivity contribution < 1.29 is 0 Å². The van der Waals surface area contributed by atoms with Crippen LogP contribution >= 0.6 is 0 Å². The molecule has 1 heteroatoms. The molecule has 0 spiro atoms. The first-order valence-electron chi connectivity index (χ1n) is 20.3. The van der Waals surface area contributed by atoms with Crippen LogP contribution in [0.15, 0.2) is 202 Å². The van der Waals surface area contributed by atoms with Gasteiger partial charge in [-0.15, -0.1) is 19.7 Å². The van der Waals surface area contributed by atoms with E-state index in [2.05, 4.69) is 205 Å². The third-order valence-electron chi connectivity index (χ3n) is 9.83. The molecule has 0 fully saturated rings. The normalized spacial score (nSPS) is 10.4. The lowest BCUT2D eigenvalue weighted by atomic mass is 9.85. The van der Waals surface area contributed by atoms with E-state index in [0.29, 0.717) is 0 Å². The second kappa shape index (κ2) is 22.2. The Hall–Kier alpha value is -6.83. The topological polar surface area (TPSA) is 23.9 Å². The molecule has 0 saturated heterocycles. The minimum absolute atomic E-state index is 0.942. The number of allylic oxidation sites excluding steroid dienone is 4. The highest BCUT2D eigenvalue weighted by Crippen LogP contribution is 2.44. The molecule has 0 aromatic heterocycles. The highest BCUT2D eigenvalue weighted by molar-refractivity contribution is 6.21. The van der Waals surface area contributed by atoms with Gasteiger partial charge in [0, 0.05) is 6.21 Å². The van der Waals surface area contributed by atoms with Crippen LogP contribution in [0, 0.1) is 26.2 Å². The van der Waals surface area contributed by atoms with Gasteiger partial charge in [-0.3, -0.25) is 0 Å². The van der Waals surface area contributed by atoms with Gasteiger partial charge in [0.2, 0.25) is 0 Å². The molecular formula is C58H59N. The molecule has 0 aliphatic heterocycles. The predicted octanol–water partition coefficient (Wildman–Crippen LogP) is 17.4. The molecule has 0 aliphatic carbocycles. The van der Waals surface area contributed by atoms with E-state index in [1.807, 2.05) is 27.7 Å². The van der Waals surface area contributed by atoms with E-state index < -0.39 is 0 Å². The predicted molar refractivity (Wildman–Crippen MR) is 266 cm³/mol. The molecular weight excluding hydrogens is 711 g/mol. The summed E-state index contributed by atoms with van der Waals surface area (Å²) in [4.78, 5) is 0. The van der Waals surface area contributed by atoms with Gasteiger partial charge in [-0.05, 0) is 141 Å². The Labute approximate surface area is 353 Å². The highest BCUT2D eigenvalue weighted by atomic mass is 14.3. The molecule has 0 radical (unpaired) electrons. The van der Waals surface area contributed by atoms with E-state index in [4.69, 9.17) is 5.41 Å². The van der Waals surface area contributed by atoms with Crippen molar-refractivity contribution in [1.82, 2.24) is 0 Å². The third-order valence-corrected chi connectivity index (χ3v) is 9.83. The summed E-state index contributed by atoms with van der Waals surface area (Å²) in [6, 6.07) is 56.9. The number of nitrogens with one attached hydrogen (secondary N) is 1. The smallest absolute Gasteiger partial charge is 0.0183 e. The monoisotopic (exact) mass is 769 g/mol. The number of fused-ring (bicyclic) bond motifs is 3. The Morgan fingerprint density at radius 1 is 0.492 bits per heavy atom. The largest absolute Gasteiger partial charge is 0.309 e. The van der Waals surface area contributed by atoms with Gasteiger partial charge in [-0.1, -0.05) is 183 Å². The van der Waals surface area contributed by atoms with Crippen molar-refractivity contribution in [3.63, 3.8) is 0 Å². The van der Waals surface area contributed by atoms with Crippen LogP contribution in [0.25, 0.3) is 71.3 Å². The van der Waals surface area contributed by atoms with Crippen LogP contribution in [0.3, 0.4) is 0 Å². The first-order valence-corrected chi connectivity index (χ1v) is 20.3. The summed E-state index contributed by atoms with van der Waals surface area (Å²) in [5, 5.41) is 14.9. The molecule has 8 aromatic carbocycles. The van der Waals surface area contributed by atoms with Crippen molar-refractivity contribution >= 4 is 44.1 Å². The van der Waals surface area contributed by atoms with Gasteiger partial charge in [0.1, 0.15) is 0 Å². The van der Waals surface area contributed by atoms with Crippen molar-refractivity contribution in [3.8, 4) is 33.4 Å². The standard InChI is InChI=1S/C42H31N.C8H10.C4H8.C2H6.C2H4/c1-3-29(23-24-43)30-15-17-31(18-16-30)33-21-19-32-20-22-35(27-36(32)26-33)42-39-13-6-4-11-37(39)41(34-10-8-9-28(2)25-34)38-12-5-7-14-40(38)42;1-7-5-3-4-6-8(7)2;1-4(2)3;2*1-2/h3-27,43H,1H2,2H3;3-6H,1-2H3;1H2,2-3H3;1-2H3;1-2H2/b29-23+,43-24?;;;;. The second-order valence-corrected chi connectivity index (χ2v) is 14.3. The summed E-state index contributed by atoms with van der Waals surface area (Å²) < 4.78 is 0. The van der Waals surface area contributed by atoms with Crippen molar-refractivity contribution in [2.45, 2.75) is 48.5 Å². The van der Waals surface area contributed by atoms with Crippen LogP contribution in [-0.4, -0.2) is 6.21 Å². The fourth-order valence-electron chi connectivity index (χ4n) is 7.02. The molecule has 0 heterocycles. The van der Waals surface area contributed by atoms with E-state index in [9.17, 15) is 0 Å². The number of hydrogen-bond donors (Lipinski definition) is 1. The van der Waals surface area contributed by atoms with E-state index in [1.165, 1.54) is 88.6 Å². The number of aryl methyl sites for hydroxylation is 3. The van der Waals surface area contributed by atoms with Crippen molar-refractivity contribution in [1.29, 1.82) is 5.41 Å². The first kappa shape index (κ1) is 44.9. The van der Waals surface area contributed by atoms with Crippen molar-refractivity contribution in [2.24, 2.45) is 0 Å². The zero-order valence-corrected chi connectivity index (χ0v) is 36.1. The lowest BCUT2D eigenvalue weighted by Gasteiger charge is -2.18. The average Bonchev–Trinajstić information content (AvgIpc) is 3.27. The maximum atomic E-state index is 7.42. The van der Waals surface area contributed by atoms with Crippen LogP contribution < -0.4 is 0 Å². The highest BCUT2D eigenvalue weighted by Gasteiger charge is 2.17. The fourth-order valence-corrected chi connectivity index (χ4v) is 7.02. The first-order chi connectivity index (χ1) is 28.7. The quantitative estimate of drug-likeness (QED) is 0.0754. The molecule has 0 saturated carbocycles. The van der Waals surface area contributed by atoms with E-state index in [0.717, 1.165) is 16.7 Å². The van der Waals surface area contributed by atoms with Gasteiger partial charge in [-0.25, -0.2) is 0 Å². The molecule has 8 rings (SSSR count). The summed E-state index contributed by atoms with van der Waals surface area (Å²) in [5.41, 5.74) is 14.5. The molecule has 1 N–H and O–H groups in total. The van der Waals surface area contributed by atoms with Crippen LogP contribution in [0.4, 0.5) is 0 Å². The summed E-state index contributed by atoms with van der Waals surface area (Å²) in [7, 11) is 0. The number of rotatable bonds is 6. The molecule has 1 nitrogen and oxygen atoms in total. The van der Waals surface area contributed by atoms with Gasteiger partial charge in [0.05, 0.1) is 0 Å². The van der Waals surface area contributed by atoms with Crippen LogP contribution in [0.1, 0.15) is 49.9 Å². The lowest BCUT2D eigenvalue weighted by molar-refractivity contribution is 1.34. The summed E-state index contributed by atoms with van der Waals surface area (Å²) in [6.07, 6.45) is 4.85. The minimum atomic E-state index is 0.942. The lowest BCUT2D eigenvalue weighted by Crippen LogP contribution is -1.91.